The van der Waals surface area contributed by atoms with Crippen molar-refractivity contribution >= 4 is 23.1 Å². The van der Waals surface area contributed by atoms with Crippen molar-refractivity contribution in [2.24, 2.45) is 0 Å². The van der Waals surface area contributed by atoms with Crippen LogP contribution >= 0.6 is 12.2 Å². The minimum atomic E-state index is 0.198. The summed E-state index contributed by atoms with van der Waals surface area (Å²) in [5, 5.41) is 7.13. The van der Waals surface area contributed by atoms with Crippen molar-refractivity contribution < 1.29 is 0 Å². The van der Waals surface area contributed by atoms with Gasteiger partial charge in [0, 0.05) is 5.69 Å². The number of anilines is 1. The summed E-state index contributed by atoms with van der Waals surface area (Å²) in [6.07, 6.45) is 0.964. The Balaban J connectivity index is 2.06. The molecule has 0 spiro atoms. The van der Waals surface area contributed by atoms with Crippen LogP contribution in [0.3, 0.4) is 0 Å². The summed E-state index contributed by atoms with van der Waals surface area (Å²) in [5.41, 5.74) is 4.83. The van der Waals surface area contributed by atoms with Crippen molar-refractivity contribution in [3.05, 3.63) is 58.8 Å². The predicted octanol–water partition coefficient (Wildman–Crippen LogP) is 4.44. The van der Waals surface area contributed by atoms with Crippen LogP contribution < -0.4 is 10.6 Å². The minimum absolute atomic E-state index is 0.198. The number of pyridine rings is 1. The predicted molar refractivity (Wildman–Crippen MR) is 97.3 cm³/mol. The van der Waals surface area contributed by atoms with Gasteiger partial charge in [0.25, 0.3) is 0 Å². The zero-order chi connectivity index (χ0) is 16.1. The molecule has 0 radical (unpaired) electrons. The highest BCUT2D eigenvalue weighted by molar-refractivity contribution is 7.80. The maximum absolute atomic E-state index is 5.42. The van der Waals surface area contributed by atoms with Gasteiger partial charge < -0.3 is 10.6 Å². The van der Waals surface area contributed by atoms with Crippen molar-refractivity contribution in [2.45, 2.75) is 40.2 Å². The van der Waals surface area contributed by atoms with Gasteiger partial charge >= 0.3 is 0 Å². The highest BCUT2D eigenvalue weighted by Gasteiger charge is 2.11. The molecule has 0 aliphatic rings. The van der Waals surface area contributed by atoms with Crippen LogP contribution in [0.5, 0.6) is 0 Å². The fourth-order valence-electron chi connectivity index (χ4n) is 2.33. The Hall–Kier alpha value is -1.94. The number of hydrogen-bond donors (Lipinski definition) is 2. The molecule has 22 heavy (non-hydrogen) atoms. The minimum Gasteiger partial charge on any atom is -0.356 e. The van der Waals surface area contributed by atoms with Crippen LogP contribution in [0, 0.1) is 20.8 Å². The van der Waals surface area contributed by atoms with Crippen molar-refractivity contribution in [2.75, 3.05) is 5.32 Å². The normalized spacial score (nSPS) is 11.8. The molecule has 2 aromatic rings. The average Bonchev–Trinajstić information content (AvgIpc) is 2.48. The third-order valence-corrected chi connectivity index (χ3v) is 4.00. The first kappa shape index (κ1) is 16.4. The van der Waals surface area contributed by atoms with Gasteiger partial charge in [-0.05, 0) is 68.2 Å². The maximum Gasteiger partial charge on any atom is 0.172 e. The smallest absolute Gasteiger partial charge is 0.172 e. The fraction of sp³-hybridized carbons (Fsp3) is 0.333. The molecule has 0 amide bonds. The van der Waals surface area contributed by atoms with Crippen LogP contribution in [0.4, 0.5) is 5.82 Å². The lowest BCUT2D eigenvalue weighted by atomic mass is 9.99. The molecule has 0 saturated carbocycles. The van der Waals surface area contributed by atoms with E-state index in [1.54, 1.807) is 0 Å². The highest BCUT2D eigenvalue weighted by Crippen LogP contribution is 2.20. The second kappa shape index (κ2) is 7.36. The number of hydrogen-bond acceptors (Lipinski definition) is 2. The van der Waals surface area contributed by atoms with E-state index in [0.717, 1.165) is 17.9 Å². The van der Waals surface area contributed by atoms with Gasteiger partial charge in [-0.3, -0.25) is 0 Å². The first-order valence-electron chi connectivity index (χ1n) is 7.58. The molecule has 2 rings (SSSR count). The van der Waals surface area contributed by atoms with E-state index >= 15 is 0 Å². The van der Waals surface area contributed by atoms with Gasteiger partial charge in [0.1, 0.15) is 5.82 Å². The van der Waals surface area contributed by atoms with E-state index in [2.05, 4.69) is 54.6 Å². The zero-order valence-electron chi connectivity index (χ0n) is 13.6. The Morgan fingerprint density at radius 3 is 2.55 bits per heavy atom. The Morgan fingerprint density at radius 1 is 1.14 bits per heavy atom. The third kappa shape index (κ3) is 4.28. The Bertz CT molecular complexity index is 667. The lowest BCUT2D eigenvalue weighted by Crippen LogP contribution is -2.32. The standard InChI is InChI=1S/C18H23N3S/c1-5-16(15-10-9-12(2)13(3)11-15)20-18(22)21-17-8-6-7-14(4)19-17/h6-11,16H,5H2,1-4H3,(H2,19,20,21,22)/t16-/m1/s1. The van der Waals surface area contributed by atoms with Crippen molar-refractivity contribution in [1.82, 2.24) is 10.3 Å². The van der Waals surface area contributed by atoms with Gasteiger partial charge in [0.2, 0.25) is 0 Å². The van der Waals surface area contributed by atoms with Crippen LogP contribution in [-0.4, -0.2) is 10.1 Å². The van der Waals surface area contributed by atoms with E-state index in [-0.39, 0.29) is 6.04 Å². The number of rotatable bonds is 4. The van der Waals surface area contributed by atoms with Gasteiger partial charge in [0.15, 0.2) is 5.11 Å². The molecule has 3 nitrogen and oxygen atoms in total. The Morgan fingerprint density at radius 2 is 1.91 bits per heavy atom. The van der Waals surface area contributed by atoms with Crippen LogP contribution in [0.15, 0.2) is 36.4 Å². The maximum atomic E-state index is 5.42. The molecule has 1 aromatic heterocycles. The molecule has 2 N–H and O–H groups in total. The molecular weight excluding hydrogens is 290 g/mol. The van der Waals surface area contributed by atoms with Gasteiger partial charge in [-0.2, -0.15) is 0 Å². The summed E-state index contributed by atoms with van der Waals surface area (Å²) in [5.74, 6) is 0.771. The Labute approximate surface area is 138 Å². The second-order valence-corrected chi connectivity index (χ2v) is 5.98. The van der Waals surface area contributed by atoms with E-state index in [0.29, 0.717) is 5.11 Å². The van der Waals surface area contributed by atoms with Gasteiger partial charge in [-0.1, -0.05) is 31.2 Å². The number of thiocarbonyl (C=S) groups is 1. The summed E-state index contributed by atoms with van der Waals surface area (Å²) in [6, 6.07) is 12.6. The average molecular weight is 313 g/mol. The number of aromatic nitrogens is 1. The van der Waals surface area contributed by atoms with E-state index in [4.69, 9.17) is 12.2 Å². The molecule has 0 aliphatic heterocycles. The first-order chi connectivity index (χ1) is 10.5. The van der Waals surface area contributed by atoms with E-state index in [1.165, 1.54) is 16.7 Å². The van der Waals surface area contributed by atoms with Gasteiger partial charge in [-0.25, -0.2) is 4.98 Å². The molecule has 116 valence electrons. The fourth-order valence-corrected chi connectivity index (χ4v) is 2.57. The monoisotopic (exact) mass is 313 g/mol. The highest BCUT2D eigenvalue weighted by atomic mass is 32.1. The molecule has 0 bridgehead atoms. The molecule has 4 heteroatoms. The lowest BCUT2D eigenvalue weighted by Gasteiger charge is -2.20. The molecular formula is C18H23N3S. The quantitative estimate of drug-likeness (QED) is 0.818. The van der Waals surface area contributed by atoms with Crippen LogP contribution in [0.1, 0.15) is 41.8 Å². The summed E-state index contributed by atoms with van der Waals surface area (Å²) < 4.78 is 0. The number of nitrogens with one attached hydrogen (secondary N) is 2. The van der Waals surface area contributed by atoms with Crippen LogP contribution in [0.25, 0.3) is 0 Å². The summed E-state index contributed by atoms with van der Waals surface area (Å²) in [7, 11) is 0. The molecule has 1 heterocycles. The lowest BCUT2D eigenvalue weighted by molar-refractivity contribution is 0.628. The van der Waals surface area contributed by atoms with Crippen molar-refractivity contribution in [3.8, 4) is 0 Å². The SMILES string of the molecule is CC[C@@H](NC(=S)Nc1cccc(C)n1)c1ccc(C)c(C)c1. The molecule has 1 aromatic carbocycles. The number of benzene rings is 1. The van der Waals surface area contributed by atoms with Crippen LogP contribution in [0.2, 0.25) is 0 Å². The summed E-state index contributed by atoms with van der Waals surface area (Å²) >= 11 is 5.42. The Kier molecular flexibility index (Phi) is 5.50. The summed E-state index contributed by atoms with van der Waals surface area (Å²) in [6.45, 7) is 8.38. The molecule has 0 fully saturated rings. The van der Waals surface area contributed by atoms with Gasteiger partial charge in [0.05, 0.1) is 6.04 Å². The van der Waals surface area contributed by atoms with Crippen molar-refractivity contribution in [1.29, 1.82) is 0 Å². The zero-order valence-corrected chi connectivity index (χ0v) is 14.4. The van der Waals surface area contributed by atoms with Crippen LogP contribution in [-0.2, 0) is 0 Å². The van der Waals surface area contributed by atoms with E-state index in [9.17, 15) is 0 Å². The molecule has 0 aliphatic carbocycles. The molecule has 0 saturated heterocycles. The number of aryl methyl sites for hydroxylation is 3. The van der Waals surface area contributed by atoms with Gasteiger partial charge in [-0.15, -0.1) is 0 Å². The van der Waals surface area contributed by atoms with E-state index in [1.807, 2.05) is 25.1 Å². The largest absolute Gasteiger partial charge is 0.356 e. The summed E-state index contributed by atoms with van der Waals surface area (Å²) in [4.78, 5) is 4.41. The van der Waals surface area contributed by atoms with E-state index < -0.39 is 0 Å². The molecule has 1 atom stereocenters. The number of nitrogens with zero attached hydrogens (tertiary/aromatic N) is 1. The third-order valence-electron chi connectivity index (χ3n) is 3.78. The molecule has 0 unspecified atom stereocenters. The van der Waals surface area contributed by atoms with Crippen molar-refractivity contribution in [3.63, 3.8) is 0 Å². The topological polar surface area (TPSA) is 37.0 Å². The second-order valence-electron chi connectivity index (χ2n) is 5.57. The first-order valence-corrected chi connectivity index (χ1v) is 7.98.